The summed E-state index contributed by atoms with van der Waals surface area (Å²) in [7, 11) is 0. The standard InChI is InChI=1S/C10H11BrO5/c11-4-8(13)9(14)6-2-1-5(10(15)16)3-7(6)12/h1-3,8-9,12-14H,4H2,(H,15,16). The number of phenolic OH excluding ortho intramolecular Hbond substituents is 1. The van der Waals surface area contributed by atoms with Gasteiger partial charge in [-0.2, -0.15) is 0 Å². The Bertz CT molecular complexity index is 393. The first kappa shape index (κ1) is 13.0. The molecule has 0 aliphatic rings. The van der Waals surface area contributed by atoms with Gasteiger partial charge in [-0.1, -0.05) is 22.0 Å². The van der Waals surface area contributed by atoms with Crippen molar-refractivity contribution >= 4 is 21.9 Å². The molecule has 1 aromatic carbocycles. The van der Waals surface area contributed by atoms with Crippen molar-refractivity contribution in [3.05, 3.63) is 29.3 Å². The quantitative estimate of drug-likeness (QED) is 0.617. The van der Waals surface area contributed by atoms with Crippen LogP contribution in [-0.4, -0.2) is 37.8 Å². The van der Waals surface area contributed by atoms with Gasteiger partial charge < -0.3 is 20.4 Å². The summed E-state index contributed by atoms with van der Waals surface area (Å²) >= 11 is 2.99. The van der Waals surface area contributed by atoms with Crippen LogP contribution in [0.1, 0.15) is 22.0 Å². The zero-order valence-corrected chi connectivity index (χ0v) is 9.75. The Morgan fingerprint density at radius 3 is 2.44 bits per heavy atom. The number of aliphatic hydroxyl groups is 2. The van der Waals surface area contributed by atoms with E-state index in [1.54, 1.807) is 0 Å². The van der Waals surface area contributed by atoms with Crippen LogP contribution in [0.15, 0.2) is 18.2 Å². The SMILES string of the molecule is O=C(O)c1ccc(C(O)C(O)CBr)c(O)c1. The molecule has 2 unspecified atom stereocenters. The van der Waals surface area contributed by atoms with Gasteiger partial charge in [-0.15, -0.1) is 0 Å². The Labute approximate surface area is 100 Å². The van der Waals surface area contributed by atoms with Crippen molar-refractivity contribution in [3.8, 4) is 5.75 Å². The van der Waals surface area contributed by atoms with E-state index in [1.165, 1.54) is 12.1 Å². The van der Waals surface area contributed by atoms with E-state index in [0.29, 0.717) is 0 Å². The van der Waals surface area contributed by atoms with Crippen LogP contribution in [0.4, 0.5) is 0 Å². The number of carboxylic acids is 1. The van der Waals surface area contributed by atoms with Gasteiger partial charge in [0.2, 0.25) is 0 Å². The molecule has 16 heavy (non-hydrogen) atoms. The molecule has 88 valence electrons. The smallest absolute Gasteiger partial charge is 0.335 e. The Balaban J connectivity index is 3.03. The van der Waals surface area contributed by atoms with Crippen LogP contribution in [0, 0.1) is 0 Å². The van der Waals surface area contributed by atoms with E-state index in [-0.39, 0.29) is 22.2 Å². The summed E-state index contributed by atoms with van der Waals surface area (Å²) in [6, 6.07) is 3.55. The van der Waals surface area contributed by atoms with Gasteiger partial charge in [0.25, 0.3) is 0 Å². The molecule has 4 N–H and O–H groups in total. The van der Waals surface area contributed by atoms with Gasteiger partial charge in [-0.3, -0.25) is 0 Å². The van der Waals surface area contributed by atoms with E-state index < -0.39 is 18.2 Å². The molecule has 1 rings (SSSR count). The molecule has 0 saturated carbocycles. The zero-order valence-electron chi connectivity index (χ0n) is 8.17. The highest BCUT2D eigenvalue weighted by molar-refractivity contribution is 9.09. The molecule has 0 radical (unpaired) electrons. The third kappa shape index (κ3) is 2.72. The van der Waals surface area contributed by atoms with Crippen molar-refractivity contribution in [2.75, 3.05) is 5.33 Å². The van der Waals surface area contributed by atoms with Gasteiger partial charge in [-0.25, -0.2) is 4.79 Å². The number of hydrogen-bond acceptors (Lipinski definition) is 4. The monoisotopic (exact) mass is 290 g/mol. The Morgan fingerprint density at radius 2 is 2.00 bits per heavy atom. The molecule has 0 amide bonds. The lowest BCUT2D eigenvalue weighted by Gasteiger charge is -2.17. The van der Waals surface area contributed by atoms with E-state index in [2.05, 4.69) is 15.9 Å². The normalized spacial score (nSPS) is 14.4. The maximum Gasteiger partial charge on any atom is 0.335 e. The van der Waals surface area contributed by atoms with Crippen LogP contribution in [0.25, 0.3) is 0 Å². The van der Waals surface area contributed by atoms with Crippen molar-refractivity contribution in [3.63, 3.8) is 0 Å². The van der Waals surface area contributed by atoms with Crippen LogP contribution in [0.2, 0.25) is 0 Å². The molecule has 0 fully saturated rings. The van der Waals surface area contributed by atoms with Gasteiger partial charge in [0, 0.05) is 10.9 Å². The average Bonchev–Trinajstić information content (AvgIpc) is 2.26. The predicted octanol–water partition coefficient (Wildman–Crippen LogP) is 0.880. The average molecular weight is 291 g/mol. The number of aliphatic hydroxyl groups excluding tert-OH is 2. The highest BCUT2D eigenvalue weighted by Gasteiger charge is 2.21. The number of rotatable bonds is 4. The third-order valence-corrected chi connectivity index (χ3v) is 2.78. The minimum Gasteiger partial charge on any atom is -0.508 e. The molecule has 0 aromatic heterocycles. The van der Waals surface area contributed by atoms with E-state index in [4.69, 9.17) is 5.11 Å². The van der Waals surface area contributed by atoms with Crippen molar-refractivity contribution in [1.82, 2.24) is 0 Å². The van der Waals surface area contributed by atoms with Gasteiger partial charge >= 0.3 is 5.97 Å². The molecular formula is C10H11BrO5. The first-order chi connectivity index (χ1) is 7.47. The van der Waals surface area contributed by atoms with Crippen molar-refractivity contribution in [1.29, 1.82) is 0 Å². The number of aromatic hydroxyl groups is 1. The second kappa shape index (κ2) is 5.29. The van der Waals surface area contributed by atoms with E-state index in [9.17, 15) is 20.1 Å². The highest BCUT2D eigenvalue weighted by Crippen LogP contribution is 2.28. The predicted molar refractivity (Wildman–Crippen MR) is 59.8 cm³/mol. The van der Waals surface area contributed by atoms with E-state index in [0.717, 1.165) is 6.07 Å². The molecule has 6 heteroatoms. The van der Waals surface area contributed by atoms with Gasteiger partial charge in [0.1, 0.15) is 11.9 Å². The van der Waals surface area contributed by atoms with Crippen LogP contribution in [0.5, 0.6) is 5.75 Å². The summed E-state index contributed by atoms with van der Waals surface area (Å²) < 4.78 is 0. The highest BCUT2D eigenvalue weighted by atomic mass is 79.9. The molecule has 0 saturated heterocycles. The number of hydrogen-bond donors (Lipinski definition) is 4. The minimum atomic E-state index is -1.26. The maximum atomic E-state index is 10.6. The largest absolute Gasteiger partial charge is 0.508 e. The number of carbonyl (C=O) groups is 1. The molecule has 0 spiro atoms. The molecule has 0 bridgehead atoms. The van der Waals surface area contributed by atoms with Crippen molar-refractivity contribution in [2.45, 2.75) is 12.2 Å². The second-order valence-corrected chi connectivity index (χ2v) is 3.89. The van der Waals surface area contributed by atoms with Crippen molar-refractivity contribution in [2.24, 2.45) is 0 Å². The molecular weight excluding hydrogens is 280 g/mol. The molecule has 2 atom stereocenters. The molecule has 5 nitrogen and oxygen atoms in total. The fourth-order valence-corrected chi connectivity index (χ4v) is 1.57. The van der Waals surface area contributed by atoms with E-state index >= 15 is 0 Å². The lowest BCUT2D eigenvalue weighted by molar-refractivity contribution is 0.0327. The van der Waals surface area contributed by atoms with E-state index in [1.807, 2.05) is 0 Å². The number of halogens is 1. The summed E-state index contributed by atoms with van der Waals surface area (Å²) in [6.45, 7) is 0. The van der Waals surface area contributed by atoms with Crippen LogP contribution in [0.3, 0.4) is 0 Å². The van der Waals surface area contributed by atoms with Crippen LogP contribution in [-0.2, 0) is 0 Å². The molecule has 0 aliphatic heterocycles. The number of benzene rings is 1. The minimum absolute atomic E-state index is 0.0817. The van der Waals surface area contributed by atoms with Crippen LogP contribution >= 0.6 is 15.9 Å². The first-order valence-electron chi connectivity index (χ1n) is 4.45. The number of alkyl halides is 1. The van der Waals surface area contributed by atoms with Gasteiger partial charge in [-0.05, 0) is 12.1 Å². The summed E-state index contributed by atoms with van der Waals surface area (Å²) in [5.74, 6) is -1.52. The topological polar surface area (TPSA) is 98.0 Å². The second-order valence-electron chi connectivity index (χ2n) is 3.25. The Hall–Kier alpha value is -1.11. The molecule has 0 heterocycles. The maximum absolute atomic E-state index is 10.6. The fourth-order valence-electron chi connectivity index (χ4n) is 1.22. The third-order valence-electron chi connectivity index (χ3n) is 2.12. The Kier molecular flexibility index (Phi) is 4.28. The number of phenols is 1. The molecule has 1 aromatic rings. The Morgan fingerprint density at radius 1 is 1.38 bits per heavy atom. The number of aromatic carboxylic acids is 1. The van der Waals surface area contributed by atoms with Crippen LogP contribution < -0.4 is 0 Å². The van der Waals surface area contributed by atoms with Crippen molar-refractivity contribution < 1.29 is 25.2 Å². The first-order valence-corrected chi connectivity index (χ1v) is 5.57. The van der Waals surface area contributed by atoms with Gasteiger partial charge in [0.15, 0.2) is 0 Å². The van der Waals surface area contributed by atoms with Gasteiger partial charge in [0.05, 0.1) is 11.7 Å². The fraction of sp³-hybridized carbons (Fsp3) is 0.300. The summed E-state index contributed by atoms with van der Waals surface area (Å²) in [6.07, 6.45) is -2.33. The summed E-state index contributed by atoms with van der Waals surface area (Å²) in [4.78, 5) is 10.6. The number of carboxylic acid groups (broad SMARTS) is 1. The zero-order chi connectivity index (χ0) is 12.3. The molecule has 0 aliphatic carbocycles. The lowest BCUT2D eigenvalue weighted by atomic mass is 10.0. The summed E-state index contributed by atoms with van der Waals surface area (Å²) in [5, 5.41) is 37.3. The summed E-state index contributed by atoms with van der Waals surface area (Å²) in [5.41, 5.74) is 0.0127. The lowest BCUT2D eigenvalue weighted by Crippen LogP contribution is -2.19.